The van der Waals surface area contributed by atoms with Crippen LogP contribution in [0.1, 0.15) is 10.4 Å². The minimum Gasteiger partial charge on any atom is -0.497 e. The van der Waals surface area contributed by atoms with E-state index in [1.54, 1.807) is 55.6 Å². The fourth-order valence-electron chi connectivity index (χ4n) is 2.73. The number of rotatable bonds is 11. The molecule has 3 amide bonds. The van der Waals surface area contributed by atoms with Crippen LogP contribution < -0.4 is 20.1 Å². The van der Waals surface area contributed by atoms with Gasteiger partial charge in [0.1, 0.15) is 11.5 Å². The zero-order valence-corrected chi connectivity index (χ0v) is 17.8. The minimum atomic E-state index is -0.468. The second kappa shape index (κ2) is 12.2. The highest BCUT2D eigenvalue weighted by Crippen LogP contribution is 2.19. The van der Waals surface area contributed by atoms with Gasteiger partial charge in [0.15, 0.2) is 0 Å². The van der Waals surface area contributed by atoms with Crippen LogP contribution in [0.15, 0.2) is 48.5 Å². The lowest BCUT2D eigenvalue weighted by Crippen LogP contribution is -2.44. The lowest BCUT2D eigenvalue weighted by atomic mass is 10.1. The number of hydrogen-bond acceptors (Lipinski definition) is 6. The number of carbonyl (C=O) groups is 3. The molecule has 2 aromatic rings. The van der Waals surface area contributed by atoms with Crippen LogP contribution in [0.4, 0.5) is 5.69 Å². The average molecular weight is 429 g/mol. The van der Waals surface area contributed by atoms with Crippen LogP contribution in [0.3, 0.4) is 0 Å². The van der Waals surface area contributed by atoms with Crippen molar-refractivity contribution in [2.75, 3.05) is 52.9 Å². The molecule has 0 saturated heterocycles. The third kappa shape index (κ3) is 7.31. The number of nitrogens with one attached hydrogen (secondary N) is 2. The third-order valence-corrected chi connectivity index (χ3v) is 4.34. The summed E-state index contributed by atoms with van der Waals surface area (Å²) in [5.74, 6) is -0.147. The summed E-state index contributed by atoms with van der Waals surface area (Å²) in [6.07, 6.45) is 0. The summed E-state index contributed by atoms with van der Waals surface area (Å²) in [4.78, 5) is 38.7. The molecule has 0 aliphatic rings. The molecule has 0 aliphatic carbocycles. The Kier molecular flexibility index (Phi) is 9.31. The molecule has 2 aromatic carbocycles. The first kappa shape index (κ1) is 23.7. The minimum absolute atomic E-state index is 0.207. The summed E-state index contributed by atoms with van der Waals surface area (Å²) in [7, 11) is 4.53. The summed E-state index contributed by atoms with van der Waals surface area (Å²) >= 11 is 0. The monoisotopic (exact) mass is 429 g/mol. The number of para-hydroxylation sites is 1. The van der Waals surface area contributed by atoms with Crippen LogP contribution in [-0.2, 0) is 14.3 Å². The molecule has 2 N–H and O–H groups in total. The smallest absolute Gasteiger partial charge is 0.258 e. The van der Waals surface area contributed by atoms with Crippen molar-refractivity contribution in [3.05, 3.63) is 54.1 Å². The molecule has 0 spiro atoms. The van der Waals surface area contributed by atoms with E-state index in [0.29, 0.717) is 22.7 Å². The average Bonchev–Trinajstić information content (AvgIpc) is 2.80. The molecule has 166 valence electrons. The quantitative estimate of drug-likeness (QED) is 0.561. The molecule has 31 heavy (non-hydrogen) atoms. The maximum atomic E-state index is 12.9. The van der Waals surface area contributed by atoms with Crippen molar-refractivity contribution in [1.29, 1.82) is 0 Å². The molecule has 0 atom stereocenters. The molecule has 2 rings (SSSR count). The molecule has 0 radical (unpaired) electrons. The van der Waals surface area contributed by atoms with Gasteiger partial charge in [0.25, 0.3) is 5.91 Å². The van der Waals surface area contributed by atoms with Gasteiger partial charge in [-0.3, -0.25) is 14.4 Å². The van der Waals surface area contributed by atoms with Gasteiger partial charge in [-0.1, -0.05) is 12.1 Å². The number of hydrogen-bond donors (Lipinski definition) is 2. The number of amides is 3. The van der Waals surface area contributed by atoms with E-state index >= 15 is 0 Å². The lowest BCUT2D eigenvalue weighted by molar-refractivity contribution is -0.124. The van der Waals surface area contributed by atoms with E-state index < -0.39 is 11.8 Å². The predicted molar refractivity (Wildman–Crippen MR) is 115 cm³/mol. The van der Waals surface area contributed by atoms with Crippen molar-refractivity contribution in [2.24, 2.45) is 0 Å². The van der Waals surface area contributed by atoms with Crippen molar-refractivity contribution in [2.45, 2.75) is 0 Å². The number of methoxy groups -OCH3 is 3. The van der Waals surface area contributed by atoms with Crippen LogP contribution in [0.2, 0.25) is 0 Å². The van der Waals surface area contributed by atoms with Gasteiger partial charge in [-0.05, 0) is 36.4 Å². The van der Waals surface area contributed by atoms with Crippen LogP contribution in [0.25, 0.3) is 0 Å². The SMILES string of the molecule is COCCN(CC(=O)NCC(=O)Nc1ccc(OC)cc1)C(=O)c1ccccc1OC. The maximum Gasteiger partial charge on any atom is 0.258 e. The highest BCUT2D eigenvalue weighted by molar-refractivity contribution is 5.99. The first-order chi connectivity index (χ1) is 15.0. The van der Waals surface area contributed by atoms with Gasteiger partial charge in [-0.25, -0.2) is 0 Å². The summed E-state index contributed by atoms with van der Waals surface area (Å²) in [5, 5.41) is 5.20. The van der Waals surface area contributed by atoms with Crippen LogP contribution in [0.5, 0.6) is 11.5 Å². The Balaban J connectivity index is 1.93. The highest BCUT2D eigenvalue weighted by atomic mass is 16.5. The van der Waals surface area contributed by atoms with Gasteiger partial charge >= 0.3 is 0 Å². The Labute approximate surface area is 181 Å². The van der Waals surface area contributed by atoms with E-state index in [1.165, 1.54) is 19.1 Å². The standard InChI is InChI=1S/C22H27N3O6/c1-29-13-12-25(22(28)18-6-4-5-7-19(18)31-3)15-21(27)23-14-20(26)24-16-8-10-17(30-2)11-9-16/h4-11H,12-15H2,1-3H3,(H,23,27)(H,24,26). The molecule has 0 heterocycles. The molecule has 0 fully saturated rings. The summed E-state index contributed by atoms with van der Waals surface area (Å²) in [5.41, 5.74) is 0.916. The van der Waals surface area contributed by atoms with Crippen LogP contribution in [-0.4, -0.2) is 70.2 Å². The number of carbonyl (C=O) groups excluding carboxylic acids is 3. The number of anilines is 1. The molecule has 0 bridgehead atoms. The molecular weight excluding hydrogens is 402 g/mol. The molecule has 9 heteroatoms. The molecule has 0 unspecified atom stereocenters. The normalized spacial score (nSPS) is 10.2. The molecule has 0 aliphatic heterocycles. The maximum absolute atomic E-state index is 12.9. The number of nitrogens with zero attached hydrogens (tertiary/aromatic N) is 1. The van der Waals surface area contributed by atoms with E-state index in [9.17, 15) is 14.4 Å². The Morgan fingerprint density at radius 1 is 0.903 bits per heavy atom. The van der Waals surface area contributed by atoms with Gasteiger partial charge < -0.3 is 29.7 Å². The van der Waals surface area contributed by atoms with E-state index in [0.717, 1.165) is 0 Å². The lowest BCUT2D eigenvalue weighted by Gasteiger charge is -2.22. The van der Waals surface area contributed by atoms with Crippen LogP contribution in [0, 0.1) is 0 Å². The van der Waals surface area contributed by atoms with Crippen LogP contribution >= 0.6 is 0 Å². The molecular formula is C22H27N3O6. The zero-order chi connectivity index (χ0) is 22.6. The van der Waals surface area contributed by atoms with Crippen molar-refractivity contribution >= 4 is 23.4 Å². The van der Waals surface area contributed by atoms with E-state index in [-0.39, 0.29) is 32.1 Å². The molecule has 0 saturated carbocycles. The summed E-state index contributed by atoms with van der Waals surface area (Å²) < 4.78 is 15.3. The van der Waals surface area contributed by atoms with Crippen molar-refractivity contribution < 1.29 is 28.6 Å². The fourth-order valence-corrected chi connectivity index (χ4v) is 2.73. The zero-order valence-electron chi connectivity index (χ0n) is 17.8. The largest absolute Gasteiger partial charge is 0.497 e. The predicted octanol–water partition coefficient (Wildman–Crippen LogP) is 1.55. The van der Waals surface area contributed by atoms with Crippen molar-refractivity contribution in [3.63, 3.8) is 0 Å². The topological polar surface area (TPSA) is 106 Å². The second-order valence-corrected chi connectivity index (χ2v) is 6.47. The summed E-state index contributed by atoms with van der Waals surface area (Å²) in [6.45, 7) is 0.00680. The Morgan fingerprint density at radius 2 is 1.61 bits per heavy atom. The first-order valence-electron chi connectivity index (χ1n) is 9.60. The van der Waals surface area contributed by atoms with E-state index in [4.69, 9.17) is 14.2 Å². The fraction of sp³-hybridized carbons (Fsp3) is 0.318. The van der Waals surface area contributed by atoms with Gasteiger partial charge in [0.05, 0.1) is 39.5 Å². The Bertz CT molecular complexity index is 885. The number of ether oxygens (including phenoxy) is 3. The number of benzene rings is 2. The van der Waals surface area contributed by atoms with Gasteiger partial charge in [0, 0.05) is 19.3 Å². The van der Waals surface area contributed by atoms with Gasteiger partial charge in [-0.2, -0.15) is 0 Å². The Hall–Kier alpha value is -3.59. The first-order valence-corrected chi connectivity index (χ1v) is 9.60. The van der Waals surface area contributed by atoms with E-state index in [2.05, 4.69) is 10.6 Å². The second-order valence-electron chi connectivity index (χ2n) is 6.47. The summed E-state index contributed by atoms with van der Waals surface area (Å²) in [6, 6.07) is 13.6. The molecule has 0 aromatic heterocycles. The highest BCUT2D eigenvalue weighted by Gasteiger charge is 2.21. The third-order valence-electron chi connectivity index (χ3n) is 4.34. The molecule has 9 nitrogen and oxygen atoms in total. The van der Waals surface area contributed by atoms with Gasteiger partial charge in [-0.15, -0.1) is 0 Å². The van der Waals surface area contributed by atoms with E-state index in [1.807, 2.05) is 0 Å². The van der Waals surface area contributed by atoms with Gasteiger partial charge in [0.2, 0.25) is 11.8 Å². The van der Waals surface area contributed by atoms with Crippen molar-refractivity contribution in [1.82, 2.24) is 10.2 Å². The Morgan fingerprint density at radius 3 is 2.26 bits per heavy atom. The van der Waals surface area contributed by atoms with Crippen molar-refractivity contribution in [3.8, 4) is 11.5 Å².